The summed E-state index contributed by atoms with van der Waals surface area (Å²) in [5, 5.41) is 18.0. The van der Waals surface area contributed by atoms with Crippen molar-refractivity contribution in [2.75, 3.05) is 78.9 Å². The van der Waals surface area contributed by atoms with Crippen LogP contribution in [0.1, 0.15) is 5.56 Å². The Hall–Kier alpha value is -1.21. The second kappa shape index (κ2) is 13.8. The first-order valence-corrected chi connectivity index (χ1v) is 12.5. The maximum absolute atomic E-state index is 9.02. The van der Waals surface area contributed by atoms with Gasteiger partial charge in [-0.2, -0.15) is 0 Å². The molecule has 0 aromatic heterocycles. The fourth-order valence-electron chi connectivity index (χ4n) is 4.42. The average Bonchev–Trinajstić information content (AvgIpc) is 3.02. The van der Waals surface area contributed by atoms with Crippen molar-refractivity contribution in [2.45, 2.75) is 9.79 Å². The number of aliphatic hydroxyl groups is 2. The summed E-state index contributed by atoms with van der Waals surface area (Å²) in [6.45, 7) is 7.61. The molecule has 7 nitrogen and oxygen atoms in total. The number of amidine groups is 1. The van der Waals surface area contributed by atoms with Gasteiger partial charge < -0.3 is 53.0 Å². The van der Waals surface area contributed by atoms with Gasteiger partial charge in [-0.05, 0) is 18.2 Å². The highest BCUT2D eigenvalue weighted by atomic mass is 127. The number of rotatable bonds is 10. The number of benzene rings is 2. The second-order valence-electron chi connectivity index (χ2n) is 8.40. The lowest BCUT2D eigenvalue weighted by Gasteiger charge is -2.45. The summed E-state index contributed by atoms with van der Waals surface area (Å²) in [4.78, 5) is 9.98. The summed E-state index contributed by atoms with van der Waals surface area (Å²) in [7, 11) is 0. The first-order chi connectivity index (χ1) is 16.2. The van der Waals surface area contributed by atoms with E-state index in [4.69, 9.17) is 24.7 Å². The molecule has 2 N–H and O–H groups in total. The van der Waals surface area contributed by atoms with E-state index in [1.54, 1.807) is 11.8 Å². The third-order valence-electron chi connectivity index (χ3n) is 6.32. The molecule has 2 aliphatic heterocycles. The zero-order valence-electron chi connectivity index (χ0n) is 19.4. The monoisotopic (exact) mass is 599 g/mol. The van der Waals surface area contributed by atoms with Gasteiger partial charge in [0.25, 0.3) is 0 Å². The van der Waals surface area contributed by atoms with E-state index in [-0.39, 0.29) is 37.2 Å². The predicted molar refractivity (Wildman–Crippen MR) is 130 cm³/mol. The predicted octanol–water partition coefficient (Wildman–Crippen LogP) is -0.616. The molecule has 0 aliphatic carbocycles. The number of fused-ring (bicyclic) bond motifs is 2. The lowest BCUT2D eigenvalue weighted by molar-refractivity contribution is -0.932. The van der Waals surface area contributed by atoms with Crippen LogP contribution in [0.3, 0.4) is 0 Å². The number of hydrogen-bond acceptors (Lipinski definition) is 7. The lowest BCUT2D eigenvalue weighted by Crippen LogP contribution is -3.00. The Bertz CT molecular complexity index is 924. The standard InChI is InChI=1S/C25H34N3O4S.HI/c29-15-19-31-17-13-28(14-18-32-20-16-30)11-9-27(10-12-28)25-21-5-1-3-7-23(21)33-24-8-4-2-6-22(24)26-25;/h1-8,29-30H,9-20H2;1H/q+1;/p-1. The van der Waals surface area contributed by atoms with E-state index < -0.39 is 0 Å². The van der Waals surface area contributed by atoms with Crippen molar-refractivity contribution in [3.63, 3.8) is 0 Å². The van der Waals surface area contributed by atoms with E-state index in [9.17, 15) is 0 Å². The maximum Gasteiger partial charge on any atom is 0.138 e. The quantitative estimate of drug-likeness (QED) is 0.216. The molecule has 0 atom stereocenters. The maximum atomic E-state index is 9.02. The number of aliphatic hydroxyl groups excluding tert-OH is 2. The molecule has 0 amide bonds. The number of piperazine rings is 1. The minimum Gasteiger partial charge on any atom is -1.00 e. The van der Waals surface area contributed by atoms with Crippen LogP contribution in [0, 0.1) is 0 Å². The normalized spacial score (nSPS) is 16.6. The summed E-state index contributed by atoms with van der Waals surface area (Å²) in [5.74, 6) is 1.05. The van der Waals surface area contributed by atoms with Crippen molar-refractivity contribution in [3.05, 3.63) is 54.1 Å². The number of quaternary nitrogens is 1. The molecule has 0 spiro atoms. The Kier molecular flexibility index (Phi) is 11.1. The lowest BCUT2D eigenvalue weighted by atomic mass is 10.1. The molecule has 2 heterocycles. The van der Waals surface area contributed by atoms with Crippen LogP contribution >= 0.6 is 11.8 Å². The first kappa shape index (κ1) is 27.4. The fourth-order valence-corrected chi connectivity index (χ4v) is 5.44. The van der Waals surface area contributed by atoms with Gasteiger partial charge in [0.2, 0.25) is 0 Å². The molecular weight excluding hydrogens is 565 g/mol. The van der Waals surface area contributed by atoms with Crippen molar-refractivity contribution in [3.8, 4) is 0 Å². The van der Waals surface area contributed by atoms with Crippen molar-refractivity contribution in [1.29, 1.82) is 0 Å². The van der Waals surface area contributed by atoms with Crippen molar-refractivity contribution >= 4 is 23.3 Å². The Morgan fingerprint density at radius 3 is 2.06 bits per heavy atom. The molecule has 2 aliphatic rings. The first-order valence-electron chi connectivity index (χ1n) is 11.7. The van der Waals surface area contributed by atoms with E-state index >= 15 is 0 Å². The van der Waals surface area contributed by atoms with Crippen molar-refractivity contribution < 1.29 is 48.1 Å². The van der Waals surface area contributed by atoms with E-state index in [2.05, 4.69) is 47.4 Å². The van der Waals surface area contributed by atoms with Gasteiger partial charge in [-0.1, -0.05) is 42.1 Å². The molecule has 2 aromatic carbocycles. The Morgan fingerprint density at radius 2 is 1.41 bits per heavy atom. The van der Waals surface area contributed by atoms with Gasteiger partial charge >= 0.3 is 0 Å². The van der Waals surface area contributed by atoms with Crippen LogP contribution in [-0.4, -0.2) is 104 Å². The molecule has 4 rings (SSSR count). The molecule has 0 bridgehead atoms. The van der Waals surface area contributed by atoms with Crippen LogP contribution < -0.4 is 24.0 Å². The number of nitrogens with zero attached hydrogens (tertiary/aromatic N) is 3. The third kappa shape index (κ3) is 6.93. The molecular formula is C25H34IN3O4S. The molecule has 0 saturated carbocycles. The van der Waals surface area contributed by atoms with Crippen LogP contribution in [0.4, 0.5) is 5.69 Å². The molecule has 186 valence electrons. The fraction of sp³-hybridized carbons (Fsp3) is 0.480. The van der Waals surface area contributed by atoms with Crippen LogP contribution in [-0.2, 0) is 9.47 Å². The third-order valence-corrected chi connectivity index (χ3v) is 7.46. The largest absolute Gasteiger partial charge is 1.00 e. The summed E-state index contributed by atoms with van der Waals surface area (Å²) in [5.41, 5.74) is 2.21. The topological polar surface area (TPSA) is 74.5 Å². The summed E-state index contributed by atoms with van der Waals surface area (Å²) in [6, 6.07) is 16.9. The molecule has 1 saturated heterocycles. The average molecular weight is 600 g/mol. The van der Waals surface area contributed by atoms with Crippen LogP contribution in [0.15, 0.2) is 63.3 Å². The Morgan fingerprint density at radius 1 is 0.824 bits per heavy atom. The molecule has 0 radical (unpaired) electrons. The molecule has 1 fully saturated rings. The zero-order chi connectivity index (χ0) is 22.9. The molecule has 0 unspecified atom stereocenters. The minimum atomic E-state index is 0. The number of ether oxygens (including phenoxy) is 2. The van der Waals surface area contributed by atoms with Gasteiger partial charge in [-0.3, -0.25) is 0 Å². The second-order valence-corrected chi connectivity index (χ2v) is 9.48. The van der Waals surface area contributed by atoms with E-state index in [1.165, 1.54) is 15.4 Å². The van der Waals surface area contributed by atoms with E-state index in [1.807, 2.05) is 6.07 Å². The summed E-state index contributed by atoms with van der Waals surface area (Å²) >= 11 is 1.78. The number of halogens is 1. The van der Waals surface area contributed by atoms with Gasteiger partial charge in [-0.25, -0.2) is 4.99 Å². The molecule has 34 heavy (non-hydrogen) atoms. The van der Waals surface area contributed by atoms with Gasteiger partial charge in [0.05, 0.1) is 71.5 Å². The Labute approximate surface area is 223 Å². The van der Waals surface area contributed by atoms with Gasteiger partial charge in [-0.15, -0.1) is 0 Å². The van der Waals surface area contributed by atoms with E-state index in [0.717, 1.165) is 55.3 Å². The van der Waals surface area contributed by atoms with Gasteiger partial charge in [0, 0.05) is 15.4 Å². The summed E-state index contributed by atoms with van der Waals surface area (Å²) < 4.78 is 12.1. The zero-order valence-corrected chi connectivity index (χ0v) is 22.4. The van der Waals surface area contributed by atoms with Crippen molar-refractivity contribution in [1.82, 2.24) is 4.90 Å². The van der Waals surface area contributed by atoms with Crippen LogP contribution in [0.2, 0.25) is 0 Å². The SMILES string of the molecule is OCCOCC[N+]1(CCOCCO)CCN(C2=Nc3ccccc3Sc3ccccc32)CC1.[I-]. The van der Waals surface area contributed by atoms with Gasteiger partial charge in [0.1, 0.15) is 18.9 Å². The molecule has 2 aromatic rings. The number of hydrogen-bond donors (Lipinski definition) is 2. The Balaban J connectivity index is 0.00000324. The highest BCUT2D eigenvalue weighted by Gasteiger charge is 2.35. The minimum absolute atomic E-state index is 0. The van der Waals surface area contributed by atoms with Crippen LogP contribution in [0.5, 0.6) is 0 Å². The molecule has 9 heteroatoms. The highest BCUT2D eigenvalue weighted by Crippen LogP contribution is 2.40. The number of para-hydroxylation sites is 1. The van der Waals surface area contributed by atoms with Crippen molar-refractivity contribution in [2.24, 2.45) is 4.99 Å². The number of aliphatic imine (C=N–C) groups is 1. The highest BCUT2D eigenvalue weighted by molar-refractivity contribution is 7.99. The smallest absolute Gasteiger partial charge is 0.138 e. The van der Waals surface area contributed by atoms with E-state index in [0.29, 0.717) is 26.4 Å². The van der Waals surface area contributed by atoms with Gasteiger partial charge in [0.15, 0.2) is 0 Å². The summed E-state index contributed by atoms with van der Waals surface area (Å²) in [6.07, 6.45) is 0. The van der Waals surface area contributed by atoms with Crippen LogP contribution in [0.25, 0.3) is 0 Å².